The Bertz CT molecular complexity index is 440. The topological polar surface area (TPSA) is 44.8 Å². The normalized spacial score (nSPS) is 17.1. The summed E-state index contributed by atoms with van der Waals surface area (Å²) in [6.07, 6.45) is 0.475. The Morgan fingerprint density at radius 2 is 1.91 bits per heavy atom. The van der Waals surface area contributed by atoms with Crippen LogP contribution in [-0.4, -0.2) is 63.8 Å². The number of nitrogens with zero attached hydrogens (tertiary/aromatic N) is 2. The van der Waals surface area contributed by atoms with E-state index in [0.717, 1.165) is 25.4 Å². The number of carbonyl (C=O) groups excluding carboxylic acids is 1. The first-order valence-electron chi connectivity index (χ1n) is 7.48. The second kappa shape index (κ2) is 11.6. The van der Waals surface area contributed by atoms with Crippen molar-refractivity contribution in [2.45, 2.75) is 12.5 Å². The molecule has 1 aromatic carbocycles. The van der Waals surface area contributed by atoms with E-state index in [2.05, 4.69) is 10.2 Å². The van der Waals surface area contributed by atoms with Crippen LogP contribution >= 0.6 is 24.8 Å². The predicted molar refractivity (Wildman–Crippen MR) is 99.1 cm³/mol. The monoisotopic (exact) mass is 363 g/mol. The Balaban J connectivity index is 0.00000242. The van der Waals surface area contributed by atoms with E-state index in [4.69, 9.17) is 4.74 Å². The lowest BCUT2D eigenvalue weighted by molar-refractivity contribution is -0.119. The number of benzene rings is 1. The highest BCUT2D eigenvalue weighted by atomic mass is 35.5. The number of ether oxygens (including phenoxy) is 1. The Labute approximate surface area is 151 Å². The molecule has 0 bridgehead atoms. The lowest BCUT2D eigenvalue weighted by Crippen LogP contribution is -2.46. The van der Waals surface area contributed by atoms with Crippen LogP contribution in [0.25, 0.3) is 0 Å². The number of halogens is 2. The Kier molecular flexibility index (Phi) is 11.2. The van der Waals surface area contributed by atoms with Gasteiger partial charge in [-0.05, 0) is 26.2 Å². The SMILES string of the molecule is CN(C)CCN(C(=O)CC1COCCN1)c1ccccc1.Cl.Cl. The fourth-order valence-corrected chi connectivity index (χ4v) is 2.38. The summed E-state index contributed by atoms with van der Waals surface area (Å²) in [5.41, 5.74) is 0.959. The standard InChI is InChI=1S/C16H25N3O2.2ClH/c1-18(2)9-10-19(15-6-4-3-5-7-15)16(20)12-14-13-21-11-8-17-14;;/h3-7,14,17H,8-13H2,1-2H3;2*1H. The Hall–Kier alpha value is -0.850. The van der Waals surface area contributed by atoms with Gasteiger partial charge in [-0.1, -0.05) is 18.2 Å². The molecular weight excluding hydrogens is 337 g/mol. The molecule has 1 fully saturated rings. The molecule has 1 saturated heterocycles. The summed E-state index contributed by atoms with van der Waals surface area (Å²) < 4.78 is 5.43. The zero-order valence-corrected chi connectivity index (χ0v) is 15.4. The van der Waals surface area contributed by atoms with Gasteiger partial charge in [0.1, 0.15) is 0 Å². The summed E-state index contributed by atoms with van der Waals surface area (Å²) in [5.74, 6) is 0.144. The number of amides is 1. The van der Waals surface area contributed by atoms with Crippen LogP contribution in [0.15, 0.2) is 30.3 Å². The van der Waals surface area contributed by atoms with Gasteiger partial charge in [0.15, 0.2) is 0 Å². The molecule has 132 valence electrons. The van der Waals surface area contributed by atoms with E-state index < -0.39 is 0 Å². The molecule has 23 heavy (non-hydrogen) atoms. The molecule has 0 spiro atoms. The van der Waals surface area contributed by atoms with Crippen LogP contribution in [-0.2, 0) is 9.53 Å². The van der Waals surface area contributed by atoms with Crippen molar-refractivity contribution < 1.29 is 9.53 Å². The highest BCUT2D eigenvalue weighted by Gasteiger charge is 2.22. The number of carbonyl (C=O) groups is 1. The lowest BCUT2D eigenvalue weighted by Gasteiger charge is -2.28. The molecule has 0 saturated carbocycles. The zero-order valence-electron chi connectivity index (χ0n) is 13.7. The molecule has 5 nitrogen and oxygen atoms in total. The number of likely N-dealkylation sites (N-methyl/N-ethyl adjacent to an activating group) is 1. The maximum absolute atomic E-state index is 12.6. The summed E-state index contributed by atoms with van der Waals surface area (Å²) in [7, 11) is 4.04. The van der Waals surface area contributed by atoms with Gasteiger partial charge in [0, 0.05) is 37.8 Å². The molecule has 1 aliphatic rings. The molecular formula is C16H27Cl2N3O2. The number of nitrogens with one attached hydrogen (secondary N) is 1. The summed E-state index contributed by atoms with van der Waals surface area (Å²) in [6, 6.07) is 9.99. The van der Waals surface area contributed by atoms with Gasteiger partial charge in [0.25, 0.3) is 0 Å². The Morgan fingerprint density at radius 3 is 2.48 bits per heavy atom. The number of para-hydroxylation sites is 1. The molecule has 7 heteroatoms. The first kappa shape index (κ1) is 22.1. The van der Waals surface area contributed by atoms with Gasteiger partial charge >= 0.3 is 0 Å². The number of rotatable bonds is 6. The fraction of sp³-hybridized carbons (Fsp3) is 0.562. The first-order chi connectivity index (χ1) is 10.2. The number of anilines is 1. The smallest absolute Gasteiger partial charge is 0.228 e. The minimum Gasteiger partial charge on any atom is -0.378 e. The molecule has 1 aliphatic heterocycles. The van der Waals surface area contributed by atoms with Crippen LogP contribution in [0.3, 0.4) is 0 Å². The minimum absolute atomic E-state index is 0. The molecule has 0 aliphatic carbocycles. The second-order valence-corrected chi connectivity index (χ2v) is 5.61. The predicted octanol–water partition coefficient (Wildman–Crippen LogP) is 1.80. The van der Waals surface area contributed by atoms with Crippen LogP contribution in [0.4, 0.5) is 5.69 Å². The summed E-state index contributed by atoms with van der Waals surface area (Å²) in [5, 5.41) is 3.34. The molecule has 0 aromatic heterocycles. The summed E-state index contributed by atoms with van der Waals surface area (Å²) >= 11 is 0. The molecule has 1 aromatic rings. The average molecular weight is 364 g/mol. The van der Waals surface area contributed by atoms with Crippen molar-refractivity contribution in [1.29, 1.82) is 0 Å². The van der Waals surface area contributed by atoms with E-state index in [1.54, 1.807) is 0 Å². The highest BCUT2D eigenvalue weighted by Crippen LogP contribution is 2.15. The number of hydrogen-bond acceptors (Lipinski definition) is 4. The molecule has 1 N–H and O–H groups in total. The van der Waals surface area contributed by atoms with Gasteiger partial charge in [-0.25, -0.2) is 0 Å². The van der Waals surface area contributed by atoms with Crippen molar-refractivity contribution in [1.82, 2.24) is 10.2 Å². The van der Waals surface area contributed by atoms with Crippen LogP contribution in [0.1, 0.15) is 6.42 Å². The van der Waals surface area contributed by atoms with E-state index in [9.17, 15) is 4.79 Å². The summed E-state index contributed by atoms with van der Waals surface area (Å²) in [6.45, 7) is 3.70. The van der Waals surface area contributed by atoms with E-state index in [1.165, 1.54) is 0 Å². The third-order valence-electron chi connectivity index (χ3n) is 3.56. The first-order valence-corrected chi connectivity index (χ1v) is 7.48. The molecule has 1 atom stereocenters. The third-order valence-corrected chi connectivity index (χ3v) is 3.56. The van der Waals surface area contributed by atoms with Crippen molar-refractivity contribution in [2.24, 2.45) is 0 Å². The maximum atomic E-state index is 12.6. The van der Waals surface area contributed by atoms with Gasteiger partial charge in [-0.2, -0.15) is 0 Å². The van der Waals surface area contributed by atoms with Crippen molar-refractivity contribution in [2.75, 3.05) is 51.8 Å². The van der Waals surface area contributed by atoms with E-state index in [0.29, 0.717) is 19.6 Å². The highest BCUT2D eigenvalue weighted by molar-refractivity contribution is 5.93. The summed E-state index contributed by atoms with van der Waals surface area (Å²) in [4.78, 5) is 16.6. The second-order valence-electron chi connectivity index (χ2n) is 5.61. The van der Waals surface area contributed by atoms with Crippen molar-refractivity contribution >= 4 is 36.4 Å². The molecule has 1 unspecified atom stereocenters. The van der Waals surface area contributed by atoms with E-state index in [-0.39, 0.29) is 36.8 Å². The molecule has 1 amide bonds. The molecule has 2 rings (SSSR count). The van der Waals surface area contributed by atoms with Gasteiger partial charge in [-0.15, -0.1) is 24.8 Å². The van der Waals surface area contributed by atoms with E-state index >= 15 is 0 Å². The molecule has 0 radical (unpaired) electrons. The van der Waals surface area contributed by atoms with Gasteiger partial charge < -0.3 is 19.9 Å². The van der Waals surface area contributed by atoms with Crippen LogP contribution < -0.4 is 10.2 Å². The fourth-order valence-electron chi connectivity index (χ4n) is 2.38. The van der Waals surface area contributed by atoms with Gasteiger partial charge in [-0.3, -0.25) is 4.79 Å². The van der Waals surface area contributed by atoms with Crippen LogP contribution in [0.5, 0.6) is 0 Å². The van der Waals surface area contributed by atoms with Crippen LogP contribution in [0, 0.1) is 0 Å². The third kappa shape index (κ3) is 7.50. The Morgan fingerprint density at radius 1 is 1.22 bits per heavy atom. The molecule has 1 heterocycles. The largest absolute Gasteiger partial charge is 0.378 e. The van der Waals surface area contributed by atoms with Crippen molar-refractivity contribution in [3.63, 3.8) is 0 Å². The van der Waals surface area contributed by atoms with Gasteiger partial charge in [0.2, 0.25) is 5.91 Å². The number of morpholine rings is 1. The zero-order chi connectivity index (χ0) is 15.1. The minimum atomic E-state index is 0. The average Bonchev–Trinajstić information content (AvgIpc) is 2.49. The van der Waals surface area contributed by atoms with Gasteiger partial charge in [0.05, 0.1) is 13.2 Å². The number of hydrogen-bond donors (Lipinski definition) is 1. The quantitative estimate of drug-likeness (QED) is 0.836. The van der Waals surface area contributed by atoms with Crippen LogP contribution in [0.2, 0.25) is 0 Å². The van der Waals surface area contributed by atoms with E-state index in [1.807, 2.05) is 49.3 Å². The van der Waals surface area contributed by atoms with Crippen molar-refractivity contribution in [3.05, 3.63) is 30.3 Å². The maximum Gasteiger partial charge on any atom is 0.228 e. The lowest BCUT2D eigenvalue weighted by atomic mass is 10.1. The van der Waals surface area contributed by atoms with Crippen molar-refractivity contribution in [3.8, 4) is 0 Å².